The molecule has 0 unspecified atom stereocenters. The number of carboxylic acids is 1. The highest BCUT2D eigenvalue weighted by Crippen LogP contribution is 2.38. The van der Waals surface area contributed by atoms with Crippen molar-refractivity contribution >= 4 is 12.1 Å². The molecule has 0 saturated carbocycles. The van der Waals surface area contributed by atoms with Crippen LogP contribution in [0.5, 0.6) is 0 Å². The number of benzene rings is 2. The molecule has 1 amide bonds. The van der Waals surface area contributed by atoms with E-state index >= 15 is 0 Å². The summed E-state index contributed by atoms with van der Waals surface area (Å²) in [6.45, 7) is -0.652. The second-order valence-corrected chi connectivity index (χ2v) is 5.57. The summed E-state index contributed by atoms with van der Waals surface area (Å²) in [4.78, 5) is 22.5. The van der Waals surface area contributed by atoms with Crippen molar-refractivity contribution in [1.29, 1.82) is 0 Å². The maximum absolute atomic E-state index is 11.7. The molecular weight excluding hydrogens is 310 g/mol. The Morgan fingerprint density at radius 2 is 1.88 bits per heavy atom. The minimum absolute atomic E-state index is 0.0424. The zero-order chi connectivity index (χ0) is 17.1. The number of aliphatic hydroxyl groups excluding tert-OH is 1. The van der Waals surface area contributed by atoms with Crippen molar-refractivity contribution in [1.82, 2.24) is 5.32 Å². The molecule has 1 aliphatic rings. The van der Waals surface area contributed by atoms with Crippen LogP contribution in [-0.2, 0) is 22.6 Å². The van der Waals surface area contributed by atoms with Gasteiger partial charge in [-0.25, -0.2) is 9.59 Å². The maximum Gasteiger partial charge on any atom is 0.408 e. The Kier molecular flexibility index (Phi) is 4.48. The number of nitrogens with one attached hydrogen (secondary N) is 1. The molecule has 24 heavy (non-hydrogen) atoms. The average molecular weight is 327 g/mol. The third kappa shape index (κ3) is 3.09. The molecule has 3 rings (SSSR count). The quantitative estimate of drug-likeness (QED) is 0.665. The fraction of sp³-hybridized carbons (Fsp3) is 0.222. The third-order valence-electron chi connectivity index (χ3n) is 4.08. The fourth-order valence-electron chi connectivity index (χ4n) is 2.87. The summed E-state index contributed by atoms with van der Waals surface area (Å²) in [5.74, 6) is -1.31. The number of rotatable bonds is 5. The number of carbonyl (C=O) groups excluding carboxylic acids is 1. The summed E-state index contributed by atoms with van der Waals surface area (Å²) in [5, 5.41) is 19.8. The summed E-state index contributed by atoms with van der Waals surface area (Å²) in [6.07, 6.45) is -0.0920. The van der Waals surface area contributed by atoms with Crippen LogP contribution < -0.4 is 5.32 Å². The highest BCUT2D eigenvalue weighted by Gasteiger charge is 2.22. The Labute approximate surface area is 138 Å². The number of ether oxygens (including phenoxy) is 1. The molecule has 1 aliphatic carbocycles. The van der Waals surface area contributed by atoms with Gasteiger partial charge in [-0.1, -0.05) is 42.5 Å². The summed E-state index contributed by atoms with van der Waals surface area (Å²) >= 11 is 0. The Hall–Kier alpha value is -2.86. The number of aliphatic carboxylic acids is 1. The highest BCUT2D eigenvalue weighted by molar-refractivity contribution is 5.80. The third-order valence-corrected chi connectivity index (χ3v) is 4.08. The molecule has 2 aromatic carbocycles. The molecule has 0 spiro atoms. The number of amides is 1. The van der Waals surface area contributed by atoms with Gasteiger partial charge in [-0.05, 0) is 34.2 Å². The predicted octanol–water partition coefficient (Wildman–Crippen LogP) is 1.93. The number of carboxylic acid groups (broad SMARTS) is 1. The predicted molar refractivity (Wildman–Crippen MR) is 86.5 cm³/mol. The van der Waals surface area contributed by atoms with E-state index < -0.39 is 24.7 Å². The maximum atomic E-state index is 11.7. The van der Waals surface area contributed by atoms with Crippen molar-refractivity contribution in [3.05, 3.63) is 59.2 Å². The normalized spacial score (nSPS) is 12.9. The van der Waals surface area contributed by atoms with Crippen molar-refractivity contribution in [3.63, 3.8) is 0 Å². The van der Waals surface area contributed by atoms with Crippen LogP contribution in [0, 0.1) is 0 Å². The van der Waals surface area contributed by atoms with Gasteiger partial charge in [0.25, 0.3) is 0 Å². The standard InChI is InChI=1S/C18H17NO5/c20-9-16(17(21)22)19-18(23)24-10-12-5-3-7-14-13-6-2-1-4-11(13)8-15(12)14/h1-7,16,20H,8-10H2,(H,19,23)(H,21,22)/t16-/m0/s1. The summed E-state index contributed by atoms with van der Waals surface area (Å²) in [7, 11) is 0. The van der Waals surface area contributed by atoms with Crippen LogP contribution in [0.25, 0.3) is 11.1 Å². The smallest absolute Gasteiger partial charge is 0.408 e. The number of alkyl carbamates (subject to hydrolysis) is 1. The Morgan fingerprint density at radius 1 is 1.12 bits per heavy atom. The largest absolute Gasteiger partial charge is 0.480 e. The molecule has 0 heterocycles. The van der Waals surface area contributed by atoms with E-state index in [9.17, 15) is 9.59 Å². The van der Waals surface area contributed by atoms with Gasteiger partial charge >= 0.3 is 12.1 Å². The molecule has 1 atom stereocenters. The van der Waals surface area contributed by atoms with Crippen LogP contribution in [0.2, 0.25) is 0 Å². The van der Waals surface area contributed by atoms with Gasteiger partial charge in [0, 0.05) is 0 Å². The molecular formula is C18H17NO5. The second kappa shape index (κ2) is 6.72. The van der Waals surface area contributed by atoms with Crippen LogP contribution in [-0.4, -0.2) is 34.9 Å². The van der Waals surface area contributed by atoms with Crippen LogP contribution in [0.1, 0.15) is 16.7 Å². The lowest BCUT2D eigenvalue weighted by Crippen LogP contribution is -2.43. The van der Waals surface area contributed by atoms with Gasteiger partial charge in [0.05, 0.1) is 6.61 Å². The molecule has 2 aromatic rings. The zero-order valence-corrected chi connectivity index (χ0v) is 12.9. The Bertz CT molecular complexity index is 787. The first-order chi connectivity index (χ1) is 11.6. The zero-order valence-electron chi connectivity index (χ0n) is 12.9. The monoisotopic (exact) mass is 327 g/mol. The average Bonchev–Trinajstić information content (AvgIpc) is 2.96. The molecule has 0 radical (unpaired) electrons. The van der Waals surface area contributed by atoms with Gasteiger partial charge in [0.15, 0.2) is 6.04 Å². The van der Waals surface area contributed by atoms with E-state index in [1.165, 1.54) is 11.1 Å². The van der Waals surface area contributed by atoms with E-state index in [1.54, 1.807) is 0 Å². The SMILES string of the molecule is O=C(N[C@@H](CO)C(=O)O)OCc1cccc2c1Cc1ccccc1-2. The van der Waals surface area contributed by atoms with E-state index in [1.807, 2.05) is 30.3 Å². The van der Waals surface area contributed by atoms with Crippen molar-refractivity contribution in [2.45, 2.75) is 19.1 Å². The number of aliphatic hydroxyl groups is 1. The minimum atomic E-state index is -1.37. The molecule has 0 bridgehead atoms. The summed E-state index contributed by atoms with van der Waals surface area (Å²) in [6, 6.07) is 12.6. The van der Waals surface area contributed by atoms with Crippen LogP contribution in [0.15, 0.2) is 42.5 Å². The van der Waals surface area contributed by atoms with Gasteiger partial charge in [-0.3, -0.25) is 0 Å². The first-order valence-corrected chi connectivity index (χ1v) is 7.56. The molecule has 0 saturated heterocycles. The molecule has 0 aromatic heterocycles. The van der Waals surface area contributed by atoms with Crippen LogP contribution in [0.4, 0.5) is 4.79 Å². The molecule has 3 N–H and O–H groups in total. The number of fused-ring (bicyclic) bond motifs is 3. The second-order valence-electron chi connectivity index (χ2n) is 5.57. The lowest BCUT2D eigenvalue weighted by molar-refractivity contribution is -0.140. The minimum Gasteiger partial charge on any atom is -0.480 e. The number of carbonyl (C=O) groups is 2. The Morgan fingerprint density at radius 3 is 2.62 bits per heavy atom. The fourth-order valence-corrected chi connectivity index (χ4v) is 2.87. The molecule has 124 valence electrons. The van der Waals surface area contributed by atoms with Gasteiger partial charge in [-0.2, -0.15) is 0 Å². The first kappa shape index (κ1) is 16.0. The van der Waals surface area contributed by atoms with Gasteiger partial charge in [0.1, 0.15) is 6.61 Å². The lowest BCUT2D eigenvalue weighted by atomic mass is 10.0. The summed E-state index contributed by atoms with van der Waals surface area (Å²) < 4.78 is 5.11. The molecule has 0 aliphatic heterocycles. The van der Waals surface area contributed by atoms with Crippen molar-refractivity contribution in [3.8, 4) is 11.1 Å². The van der Waals surface area contributed by atoms with E-state index in [4.69, 9.17) is 14.9 Å². The summed E-state index contributed by atoms with van der Waals surface area (Å²) in [5.41, 5.74) is 5.55. The first-order valence-electron chi connectivity index (χ1n) is 7.56. The van der Waals surface area contributed by atoms with Crippen molar-refractivity contribution in [2.24, 2.45) is 0 Å². The van der Waals surface area contributed by atoms with Crippen LogP contribution in [0.3, 0.4) is 0 Å². The Balaban J connectivity index is 1.70. The lowest BCUT2D eigenvalue weighted by Gasteiger charge is -2.13. The molecule has 6 nitrogen and oxygen atoms in total. The van der Waals surface area contributed by atoms with Gasteiger partial charge in [-0.15, -0.1) is 0 Å². The van der Waals surface area contributed by atoms with Crippen molar-refractivity contribution < 1.29 is 24.5 Å². The van der Waals surface area contributed by atoms with Crippen LogP contribution >= 0.6 is 0 Å². The highest BCUT2D eigenvalue weighted by atomic mass is 16.5. The van der Waals surface area contributed by atoms with E-state index in [0.717, 1.165) is 23.1 Å². The van der Waals surface area contributed by atoms with E-state index in [-0.39, 0.29) is 6.61 Å². The van der Waals surface area contributed by atoms with Gasteiger partial charge < -0.3 is 20.3 Å². The van der Waals surface area contributed by atoms with Crippen molar-refractivity contribution in [2.75, 3.05) is 6.61 Å². The molecule has 0 fully saturated rings. The van der Waals surface area contributed by atoms with E-state index in [2.05, 4.69) is 17.4 Å². The number of hydrogen-bond donors (Lipinski definition) is 3. The number of hydrogen-bond acceptors (Lipinski definition) is 4. The molecule has 6 heteroatoms. The topological polar surface area (TPSA) is 95.9 Å². The van der Waals surface area contributed by atoms with E-state index in [0.29, 0.717) is 0 Å². The van der Waals surface area contributed by atoms with Gasteiger partial charge in [0.2, 0.25) is 0 Å².